The number of Topliss-reactive ketones (excluding diaryl/α,β-unsaturated/α-hetero) is 1. The highest BCUT2D eigenvalue weighted by Gasteiger charge is 2.50. The van der Waals surface area contributed by atoms with Crippen molar-refractivity contribution < 1.29 is 4.79 Å². The van der Waals surface area contributed by atoms with Crippen LogP contribution in [0.1, 0.15) is 46.7 Å². The molecule has 3 aliphatic rings. The molecule has 6 rings (SSSR count). The number of hydrogen-bond acceptors (Lipinski definition) is 2. The molecule has 0 amide bonds. The number of benzene rings is 3. The van der Waals surface area contributed by atoms with E-state index in [0.29, 0.717) is 5.92 Å². The van der Waals surface area contributed by atoms with Gasteiger partial charge in [0.25, 0.3) is 0 Å². The molecule has 0 saturated carbocycles. The molecule has 2 aliphatic heterocycles. The van der Waals surface area contributed by atoms with Crippen LogP contribution in [0.3, 0.4) is 0 Å². The van der Waals surface area contributed by atoms with Gasteiger partial charge in [0, 0.05) is 22.9 Å². The Morgan fingerprint density at radius 2 is 1.49 bits per heavy atom. The van der Waals surface area contributed by atoms with E-state index in [2.05, 4.69) is 135 Å². The van der Waals surface area contributed by atoms with Crippen molar-refractivity contribution in [1.82, 2.24) is 4.90 Å². The number of nitrogens with zero attached hydrogens (tertiary/aromatic N) is 1. The van der Waals surface area contributed by atoms with Gasteiger partial charge in [-0.25, -0.2) is 0 Å². The summed E-state index contributed by atoms with van der Waals surface area (Å²) in [5.74, 6) is 0.324. The predicted octanol–water partition coefficient (Wildman–Crippen LogP) is 8.34. The normalized spacial score (nSPS) is 23.8. The molecule has 1 fully saturated rings. The highest BCUT2D eigenvalue weighted by atomic mass is 16.1. The van der Waals surface area contributed by atoms with Gasteiger partial charge < -0.3 is 4.90 Å². The molecular weight excluding hydrogens is 474 g/mol. The van der Waals surface area contributed by atoms with Gasteiger partial charge in [-0.2, -0.15) is 0 Å². The maximum atomic E-state index is 13.3. The van der Waals surface area contributed by atoms with Crippen LogP contribution in [-0.4, -0.2) is 10.7 Å². The summed E-state index contributed by atoms with van der Waals surface area (Å²) in [6.45, 7) is 10.6. The molecule has 0 aromatic heterocycles. The third kappa shape index (κ3) is 4.65. The second-order valence-electron chi connectivity index (χ2n) is 11.2. The number of allylic oxidation sites excluding steroid dienone is 7. The van der Waals surface area contributed by atoms with E-state index in [0.717, 1.165) is 23.4 Å². The Morgan fingerprint density at radius 3 is 2.13 bits per heavy atom. The minimum absolute atomic E-state index is 0.000449. The zero-order valence-electron chi connectivity index (χ0n) is 23.0. The first-order valence-corrected chi connectivity index (χ1v) is 13.9. The Labute approximate surface area is 232 Å². The lowest BCUT2D eigenvalue weighted by molar-refractivity contribution is -0.120. The summed E-state index contributed by atoms with van der Waals surface area (Å²) in [6, 6.07) is 28.1. The molecular formula is C37H35NO. The van der Waals surface area contributed by atoms with Crippen LogP contribution < -0.4 is 0 Å². The second-order valence-corrected chi connectivity index (χ2v) is 11.2. The zero-order chi connectivity index (χ0) is 27.1. The number of aryl methyl sites for hydroxylation is 2. The zero-order valence-corrected chi connectivity index (χ0v) is 23.0. The third-order valence-electron chi connectivity index (χ3n) is 8.46. The van der Waals surface area contributed by atoms with Gasteiger partial charge in [0.05, 0.1) is 12.0 Å². The standard InChI is InChI=1S/C37H35NO/c1-24-10-15-30(16-11-24)36-35(27(4)39)34-21-20-33(26(3)38(34)37(36)31-17-12-25(2)13-18-31)32-19-14-29(23-32)22-28-8-6-5-7-9-28/h5-21,23,29,35-37H,3,22H2,1-2,4H3/t29?,35?,36-,37-/m0/s1. The lowest BCUT2D eigenvalue weighted by Crippen LogP contribution is -2.26. The molecule has 2 heteroatoms. The van der Waals surface area contributed by atoms with Gasteiger partial charge in [-0.1, -0.05) is 121 Å². The number of ketones is 1. The molecule has 0 bridgehead atoms. The first-order valence-electron chi connectivity index (χ1n) is 13.9. The van der Waals surface area contributed by atoms with Crippen molar-refractivity contribution in [2.24, 2.45) is 11.8 Å². The van der Waals surface area contributed by atoms with E-state index in [-0.39, 0.29) is 23.7 Å². The SMILES string of the molecule is C=C1C(C2=CC(Cc3ccccc3)C=C2)=CC=C2C(C(C)=O)[C@H](c3ccc(C)cc3)[C@H](c3ccc(C)cc3)N12. The Balaban J connectivity index is 1.40. The lowest BCUT2D eigenvalue weighted by Gasteiger charge is -2.35. The van der Waals surface area contributed by atoms with Crippen LogP contribution in [0.25, 0.3) is 0 Å². The number of carbonyl (C=O) groups excluding carboxylic acids is 1. The van der Waals surface area contributed by atoms with E-state index < -0.39 is 0 Å². The fraction of sp³-hybridized carbons (Fsp3) is 0.216. The van der Waals surface area contributed by atoms with Crippen molar-refractivity contribution in [1.29, 1.82) is 0 Å². The fourth-order valence-electron chi connectivity index (χ4n) is 6.51. The molecule has 4 atom stereocenters. The first-order chi connectivity index (χ1) is 18.9. The Bertz CT molecular complexity index is 1530. The quantitative estimate of drug-likeness (QED) is 0.333. The molecule has 3 aromatic carbocycles. The molecule has 1 saturated heterocycles. The van der Waals surface area contributed by atoms with E-state index in [1.54, 1.807) is 6.92 Å². The number of fused-ring (bicyclic) bond motifs is 1. The van der Waals surface area contributed by atoms with Crippen LogP contribution in [0.15, 0.2) is 138 Å². The van der Waals surface area contributed by atoms with Gasteiger partial charge in [0.1, 0.15) is 5.78 Å². The maximum Gasteiger partial charge on any atom is 0.139 e. The summed E-state index contributed by atoms with van der Waals surface area (Å²) in [5, 5.41) is 0. The summed E-state index contributed by atoms with van der Waals surface area (Å²) in [7, 11) is 0. The molecule has 0 spiro atoms. The Kier molecular flexibility index (Phi) is 6.56. The highest BCUT2D eigenvalue weighted by Crippen LogP contribution is 2.56. The van der Waals surface area contributed by atoms with Crippen molar-refractivity contribution >= 4 is 5.78 Å². The molecule has 39 heavy (non-hydrogen) atoms. The minimum atomic E-state index is -0.229. The van der Waals surface area contributed by atoms with Gasteiger partial charge in [0.2, 0.25) is 0 Å². The van der Waals surface area contributed by atoms with Crippen molar-refractivity contribution in [3.63, 3.8) is 0 Å². The second kappa shape index (κ2) is 10.2. The van der Waals surface area contributed by atoms with E-state index in [9.17, 15) is 4.79 Å². The predicted molar refractivity (Wildman–Crippen MR) is 160 cm³/mol. The topological polar surface area (TPSA) is 20.3 Å². The van der Waals surface area contributed by atoms with Gasteiger partial charge in [0.15, 0.2) is 0 Å². The first kappa shape index (κ1) is 25.1. The molecule has 0 radical (unpaired) electrons. The minimum Gasteiger partial charge on any atom is -0.336 e. The molecule has 2 unspecified atom stereocenters. The van der Waals surface area contributed by atoms with E-state index in [1.807, 2.05) is 0 Å². The highest BCUT2D eigenvalue weighted by molar-refractivity contribution is 5.84. The third-order valence-corrected chi connectivity index (χ3v) is 8.46. The average Bonchev–Trinajstić information content (AvgIpc) is 3.53. The summed E-state index contributed by atoms with van der Waals surface area (Å²) < 4.78 is 0. The largest absolute Gasteiger partial charge is 0.336 e. The molecule has 1 aliphatic carbocycles. The monoisotopic (exact) mass is 509 g/mol. The summed E-state index contributed by atoms with van der Waals surface area (Å²) in [6.07, 6.45) is 12.2. The molecule has 3 aromatic rings. The van der Waals surface area contributed by atoms with Crippen LogP contribution in [-0.2, 0) is 11.2 Å². The summed E-state index contributed by atoms with van der Waals surface area (Å²) >= 11 is 0. The Hall–Kier alpha value is -4.17. The van der Waals surface area contributed by atoms with Gasteiger partial charge in [-0.3, -0.25) is 4.79 Å². The lowest BCUT2D eigenvalue weighted by atomic mass is 9.79. The van der Waals surface area contributed by atoms with Crippen LogP contribution in [0, 0.1) is 25.7 Å². The number of rotatable bonds is 6. The molecule has 194 valence electrons. The van der Waals surface area contributed by atoms with Crippen molar-refractivity contribution in [3.05, 3.63) is 166 Å². The van der Waals surface area contributed by atoms with E-state index >= 15 is 0 Å². The maximum absolute atomic E-state index is 13.3. The average molecular weight is 510 g/mol. The van der Waals surface area contributed by atoms with Crippen LogP contribution in [0.2, 0.25) is 0 Å². The fourth-order valence-corrected chi connectivity index (χ4v) is 6.51. The summed E-state index contributed by atoms with van der Waals surface area (Å²) in [4.78, 5) is 15.7. The molecule has 0 N–H and O–H groups in total. The Morgan fingerprint density at radius 1 is 0.846 bits per heavy atom. The van der Waals surface area contributed by atoms with E-state index in [1.165, 1.54) is 33.4 Å². The van der Waals surface area contributed by atoms with Gasteiger partial charge in [-0.05, 0) is 61.4 Å². The van der Waals surface area contributed by atoms with Crippen molar-refractivity contribution in [3.8, 4) is 0 Å². The van der Waals surface area contributed by atoms with Crippen LogP contribution in [0.4, 0.5) is 0 Å². The molecule has 2 nitrogen and oxygen atoms in total. The van der Waals surface area contributed by atoms with Crippen LogP contribution in [0.5, 0.6) is 0 Å². The van der Waals surface area contributed by atoms with E-state index in [4.69, 9.17) is 0 Å². The van der Waals surface area contributed by atoms with Crippen molar-refractivity contribution in [2.75, 3.05) is 0 Å². The van der Waals surface area contributed by atoms with Crippen LogP contribution >= 0.6 is 0 Å². The molecule has 2 heterocycles. The number of carbonyl (C=O) groups is 1. The summed E-state index contributed by atoms with van der Waals surface area (Å²) in [5.41, 5.74) is 10.6. The van der Waals surface area contributed by atoms with Gasteiger partial charge in [-0.15, -0.1) is 0 Å². The number of hydrogen-bond donors (Lipinski definition) is 0. The van der Waals surface area contributed by atoms with Crippen molar-refractivity contribution in [2.45, 2.75) is 39.2 Å². The smallest absolute Gasteiger partial charge is 0.139 e. The van der Waals surface area contributed by atoms with Gasteiger partial charge >= 0.3 is 0 Å².